The summed E-state index contributed by atoms with van der Waals surface area (Å²) in [6.45, 7) is -0.0430. The Bertz CT molecular complexity index is 1210. The van der Waals surface area contributed by atoms with Crippen LogP contribution < -0.4 is 10.2 Å². The minimum atomic E-state index is -4.86. The first-order valence-corrected chi connectivity index (χ1v) is 9.33. The van der Waals surface area contributed by atoms with E-state index in [0.29, 0.717) is 0 Å². The van der Waals surface area contributed by atoms with Gasteiger partial charge in [0.15, 0.2) is 5.65 Å². The number of nitrogens with one attached hydrogen (secondary N) is 1. The van der Waals surface area contributed by atoms with E-state index >= 15 is 0 Å². The molecule has 0 radical (unpaired) electrons. The lowest BCUT2D eigenvalue weighted by Gasteiger charge is -2.28. The van der Waals surface area contributed by atoms with Gasteiger partial charge in [-0.3, -0.25) is 4.90 Å². The van der Waals surface area contributed by atoms with Gasteiger partial charge in [0.2, 0.25) is 6.43 Å². The van der Waals surface area contributed by atoms with Crippen LogP contribution >= 0.6 is 0 Å². The first kappa shape index (κ1) is 22.7. The van der Waals surface area contributed by atoms with E-state index in [1.54, 1.807) is 0 Å². The minimum absolute atomic E-state index is 0.0953. The predicted octanol–water partition coefficient (Wildman–Crippen LogP) is 4.14. The molecule has 0 spiro atoms. The molecule has 3 aromatic rings. The maximum Gasteiger partial charge on any atom is 0.401 e. The number of halogens is 7. The zero-order valence-corrected chi connectivity index (χ0v) is 16.6. The quantitative estimate of drug-likeness (QED) is 0.571. The number of fused-ring (bicyclic) bond motifs is 3. The van der Waals surface area contributed by atoms with E-state index in [0.717, 1.165) is 40.9 Å². The number of aromatic nitrogens is 5. The fourth-order valence-corrected chi connectivity index (χ4v) is 3.57. The van der Waals surface area contributed by atoms with E-state index in [2.05, 4.69) is 25.6 Å². The molecule has 4 rings (SSSR count). The third-order valence-corrected chi connectivity index (χ3v) is 5.18. The van der Waals surface area contributed by atoms with E-state index in [1.165, 1.54) is 0 Å². The maximum atomic E-state index is 14.1. The van der Waals surface area contributed by atoms with E-state index < -0.39 is 54.8 Å². The van der Waals surface area contributed by atoms with Crippen LogP contribution in [0.2, 0.25) is 0 Å². The first-order valence-electron chi connectivity index (χ1n) is 9.33. The molecule has 8 nitrogen and oxygen atoms in total. The highest BCUT2D eigenvalue weighted by Gasteiger charge is 2.60. The van der Waals surface area contributed by atoms with E-state index in [9.17, 15) is 35.5 Å². The zero-order chi connectivity index (χ0) is 24.1. The molecule has 176 valence electrons. The van der Waals surface area contributed by atoms with Gasteiger partial charge in [-0.15, -0.1) is 5.10 Å². The Labute approximate surface area is 180 Å². The standard InChI is InChI=1S/C18H14F7N7O/c1-17(18(23,24)25)7-31(16(33)28-9-2-10(15(21)22)29-27-5-9)11-6-26-13-4-8(3-12(19)20)30-32(13)14(11)17/h2,4-6,12,15H,3,7H2,1H3,(H,28,29,33)/t17-/m0/s1. The first-order chi connectivity index (χ1) is 15.4. The number of carbonyl (C=O) groups excluding carboxylic acids is 1. The number of amides is 2. The third kappa shape index (κ3) is 3.91. The number of anilines is 2. The average Bonchev–Trinajstić information content (AvgIpc) is 3.25. The molecule has 0 unspecified atom stereocenters. The van der Waals surface area contributed by atoms with Gasteiger partial charge in [-0.25, -0.2) is 31.9 Å². The number of carbonyl (C=O) groups is 1. The Kier molecular flexibility index (Phi) is 5.36. The average molecular weight is 477 g/mol. The molecule has 4 heterocycles. The SMILES string of the molecule is C[C@]1(C(F)(F)F)CN(C(=O)Nc2cnnc(C(F)F)c2)c2cnc3cc(CC(F)F)nn3c21. The molecule has 0 aliphatic carbocycles. The normalized spacial score (nSPS) is 18.4. The summed E-state index contributed by atoms with van der Waals surface area (Å²) in [5.74, 6) is 0. The number of rotatable bonds is 4. The molecule has 0 aromatic carbocycles. The summed E-state index contributed by atoms with van der Waals surface area (Å²) in [4.78, 5) is 17.5. The fraction of sp³-hybridized carbons (Fsp3) is 0.389. The van der Waals surface area contributed by atoms with Crippen LogP contribution in [0.3, 0.4) is 0 Å². The Balaban J connectivity index is 1.77. The molecular weight excluding hydrogens is 463 g/mol. The highest BCUT2D eigenvalue weighted by Crippen LogP contribution is 2.49. The molecule has 0 saturated heterocycles. The van der Waals surface area contributed by atoms with Crippen molar-refractivity contribution in [3.63, 3.8) is 0 Å². The second kappa shape index (κ2) is 7.81. The number of hydrogen-bond donors (Lipinski definition) is 1. The lowest BCUT2D eigenvalue weighted by molar-refractivity contribution is -0.181. The summed E-state index contributed by atoms with van der Waals surface area (Å²) in [7, 11) is 0. The lowest BCUT2D eigenvalue weighted by atomic mass is 9.88. The largest absolute Gasteiger partial charge is 0.401 e. The molecule has 0 bridgehead atoms. The van der Waals surface area contributed by atoms with Crippen LogP contribution in [0.5, 0.6) is 0 Å². The van der Waals surface area contributed by atoms with Crippen molar-refractivity contribution in [2.75, 3.05) is 16.8 Å². The molecule has 1 N–H and O–H groups in total. The van der Waals surface area contributed by atoms with Crippen LogP contribution in [-0.4, -0.2) is 50.0 Å². The van der Waals surface area contributed by atoms with Crippen LogP contribution in [0.1, 0.15) is 30.4 Å². The van der Waals surface area contributed by atoms with Gasteiger partial charge in [-0.1, -0.05) is 0 Å². The Morgan fingerprint density at radius 2 is 1.94 bits per heavy atom. The van der Waals surface area contributed by atoms with Gasteiger partial charge in [0.1, 0.15) is 11.1 Å². The Hall–Kier alpha value is -3.52. The third-order valence-electron chi connectivity index (χ3n) is 5.18. The summed E-state index contributed by atoms with van der Waals surface area (Å²) < 4.78 is 94.4. The van der Waals surface area contributed by atoms with E-state index in [4.69, 9.17) is 0 Å². The lowest BCUT2D eigenvalue weighted by Crippen LogP contribution is -2.46. The van der Waals surface area contributed by atoms with E-state index in [-0.39, 0.29) is 22.7 Å². The Morgan fingerprint density at radius 3 is 2.58 bits per heavy atom. The molecule has 0 fully saturated rings. The summed E-state index contributed by atoms with van der Waals surface area (Å²) in [5, 5.41) is 12.6. The number of hydrogen-bond acceptors (Lipinski definition) is 5. The van der Waals surface area contributed by atoms with Crippen molar-refractivity contribution in [1.29, 1.82) is 0 Å². The molecule has 0 saturated carbocycles. The minimum Gasteiger partial charge on any atom is -0.306 e. The number of urea groups is 1. The van der Waals surface area contributed by atoms with Crippen molar-refractivity contribution in [2.45, 2.75) is 37.8 Å². The van der Waals surface area contributed by atoms with Crippen LogP contribution in [0.25, 0.3) is 5.65 Å². The second-order valence-corrected chi connectivity index (χ2v) is 7.51. The molecular formula is C18H14F7N7O. The van der Waals surface area contributed by atoms with Gasteiger partial charge in [0, 0.05) is 12.6 Å². The highest BCUT2D eigenvalue weighted by atomic mass is 19.4. The van der Waals surface area contributed by atoms with Crippen molar-refractivity contribution in [3.05, 3.63) is 41.6 Å². The topological polar surface area (TPSA) is 88.3 Å². The van der Waals surface area contributed by atoms with Crippen molar-refractivity contribution < 1.29 is 35.5 Å². The molecule has 33 heavy (non-hydrogen) atoms. The molecule has 15 heteroatoms. The molecule has 1 atom stereocenters. The van der Waals surface area contributed by atoms with Gasteiger partial charge in [0.05, 0.1) is 41.6 Å². The monoisotopic (exact) mass is 477 g/mol. The molecule has 3 aromatic heterocycles. The van der Waals surface area contributed by atoms with Crippen LogP contribution in [0.15, 0.2) is 24.5 Å². The predicted molar refractivity (Wildman–Crippen MR) is 99.5 cm³/mol. The van der Waals surface area contributed by atoms with E-state index in [1.807, 2.05) is 0 Å². The van der Waals surface area contributed by atoms with Crippen molar-refractivity contribution in [2.24, 2.45) is 0 Å². The summed E-state index contributed by atoms with van der Waals surface area (Å²) >= 11 is 0. The molecule has 1 aliphatic heterocycles. The van der Waals surface area contributed by atoms with Crippen molar-refractivity contribution in [3.8, 4) is 0 Å². The molecule has 1 aliphatic rings. The van der Waals surface area contributed by atoms with Crippen LogP contribution in [0.4, 0.5) is 46.9 Å². The second-order valence-electron chi connectivity index (χ2n) is 7.51. The number of alkyl halides is 7. The van der Waals surface area contributed by atoms with Gasteiger partial charge < -0.3 is 5.32 Å². The van der Waals surface area contributed by atoms with Gasteiger partial charge in [0.25, 0.3) is 6.43 Å². The van der Waals surface area contributed by atoms with Gasteiger partial charge in [-0.2, -0.15) is 23.4 Å². The zero-order valence-electron chi connectivity index (χ0n) is 16.6. The summed E-state index contributed by atoms with van der Waals surface area (Å²) in [6, 6.07) is 0.903. The van der Waals surface area contributed by atoms with Crippen molar-refractivity contribution in [1.82, 2.24) is 24.8 Å². The summed E-state index contributed by atoms with van der Waals surface area (Å²) in [6.07, 6.45) is -9.44. The molecule has 2 amide bonds. The smallest absolute Gasteiger partial charge is 0.306 e. The highest BCUT2D eigenvalue weighted by molar-refractivity contribution is 6.03. The van der Waals surface area contributed by atoms with Gasteiger partial charge in [-0.05, 0) is 13.0 Å². The van der Waals surface area contributed by atoms with Crippen molar-refractivity contribution >= 4 is 23.1 Å². The van der Waals surface area contributed by atoms with Crippen LogP contribution in [0, 0.1) is 0 Å². The summed E-state index contributed by atoms with van der Waals surface area (Å²) in [5.41, 5.74) is -4.55. The number of nitrogens with zero attached hydrogens (tertiary/aromatic N) is 6. The van der Waals surface area contributed by atoms with Crippen LogP contribution in [-0.2, 0) is 11.8 Å². The Morgan fingerprint density at radius 1 is 1.21 bits per heavy atom. The van der Waals surface area contributed by atoms with Gasteiger partial charge >= 0.3 is 12.2 Å². The fourth-order valence-electron chi connectivity index (χ4n) is 3.57. The maximum absolute atomic E-state index is 14.1.